The van der Waals surface area contributed by atoms with Crippen LogP contribution in [0.3, 0.4) is 0 Å². The van der Waals surface area contributed by atoms with E-state index in [1.54, 1.807) is 6.07 Å². The number of aromatic nitrogens is 1. The summed E-state index contributed by atoms with van der Waals surface area (Å²) < 4.78 is 18.9. The van der Waals surface area contributed by atoms with Crippen molar-refractivity contribution in [2.24, 2.45) is 10.9 Å². The van der Waals surface area contributed by atoms with E-state index in [0.717, 1.165) is 0 Å². The zero-order valence-electron chi connectivity index (χ0n) is 9.55. The van der Waals surface area contributed by atoms with E-state index < -0.39 is 5.82 Å². The van der Waals surface area contributed by atoms with Gasteiger partial charge < -0.3 is 15.7 Å². The van der Waals surface area contributed by atoms with Crippen LogP contribution in [-0.2, 0) is 0 Å². The smallest absolute Gasteiger partial charge is 0.220 e. The maximum absolute atomic E-state index is 13.6. The van der Waals surface area contributed by atoms with Crippen molar-refractivity contribution in [2.45, 2.75) is 0 Å². The highest BCUT2D eigenvalue weighted by Crippen LogP contribution is 2.27. The number of oxime groups is 1. The van der Waals surface area contributed by atoms with Crippen molar-refractivity contribution in [3.63, 3.8) is 0 Å². The molecular formula is C12H9ClFN3O2. The summed E-state index contributed by atoms with van der Waals surface area (Å²) in [5.74, 6) is -0.735. The van der Waals surface area contributed by atoms with E-state index in [1.807, 2.05) is 0 Å². The Morgan fingerprint density at radius 1 is 1.42 bits per heavy atom. The molecule has 2 aromatic rings. The third kappa shape index (κ3) is 2.92. The Bertz CT molecular complexity index is 634. The Hall–Kier alpha value is -2.34. The van der Waals surface area contributed by atoms with Gasteiger partial charge in [0.25, 0.3) is 0 Å². The molecule has 0 radical (unpaired) electrons. The molecule has 0 saturated heterocycles. The van der Waals surface area contributed by atoms with Crippen molar-refractivity contribution in [1.82, 2.24) is 4.98 Å². The molecule has 7 heteroatoms. The van der Waals surface area contributed by atoms with Gasteiger partial charge in [0.15, 0.2) is 17.4 Å². The van der Waals surface area contributed by atoms with Crippen LogP contribution in [0.4, 0.5) is 4.39 Å². The van der Waals surface area contributed by atoms with Crippen LogP contribution in [0.25, 0.3) is 0 Å². The predicted molar refractivity (Wildman–Crippen MR) is 68.2 cm³/mol. The van der Waals surface area contributed by atoms with Crippen LogP contribution in [0, 0.1) is 5.82 Å². The first-order valence-electron chi connectivity index (χ1n) is 5.17. The molecule has 0 saturated carbocycles. The van der Waals surface area contributed by atoms with Crippen LogP contribution in [0.1, 0.15) is 5.56 Å². The Kier molecular flexibility index (Phi) is 3.82. The minimum absolute atomic E-state index is 0.0508. The second kappa shape index (κ2) is 5.53. The number of ether oxygens (including phenoxy) is 1. The number of benzene rings is 1. The van der Waals surface area contributed by atoms with Crippen molar-refractivity contribution in [2.75, 3.05) is 0 Å². The molecule has 3 N–H and O–H groups in total. The molecule has 5 nitrogen and oxygen atoms in total. The minimum Gasteiger partial charge on any atom is -0.436 e. The van der Waals surface area contributed by atoms with Gasteiger partial charge in [0.2, 0.25) is 5.88 Å². The highest BCUT2D eigenvalue weighted by Gasteiger charge is 2.10. The summed E-state index contributed by atoms with van der Waals surface area (Å²) in [7, 11) is 0. The van der Waals surface area contributed by atoms with E-state index >= 15 is 0 Å². The van der Waals surface area contributed by atoms with Crippen LogP contribution < -0.4 is 10.5 Å². The molecule has 2 rings (SSSR count). The van der Waals surface area contributed by atoms with Crippen molar-refractivity contribution in [3.05, 3.63) is 52.9 Å². The molecule has 0 amide bonds. The van der Waals surface area contributed by atoms with Gasteiger partial charge in [-0.25, -0.2) is 9.37 Å². The Morgan fingerprint density at radius 2 is 2.21 bits per heavy atom. The molecule has 0 atom stereocenters. The van der Waals surface area contributed by atoms with E-state index in [0.29, 0.717) is 5.56 Å². The number of amidine groups is 1. The summed E-state index contributed by atoms with van der Waals surface area (Å²) in [5, 5.41) is 11.4. The lowest BCUT2D eigenvalue weighted by atomic mass is 10.2. The van der Waals surface area contributed by atoms with Gasteiger partial charge in [-0.3, -0.25) is 0 Å². The fourth-order valence-electron chi connectivity index (χ4n) is 1.36. The number of hydrogen-bond donors (Lipinski definition) is 2. The quantitative estimate of drug-likeness (QED) is 0.392. The third-order valence-corrected chi connectivity index (χ3v) is 2.56. The topological polar surface area (TPSA) is 80.7 Å². The molecule has 0 aliphatic carbocycles. The molecule has 0 spiro atoms. The maximum Gasteiger partial charge on any atom is 0.220 e. The van der Waals surface area contributed by atoms with Gasteiger partial charge in [0.05, 0.1) is 5.02 Å². The molecule has 1 heterocycles. The van der Waals surface area contributed by atoms with E-state index in [1.165, 1.54) is 30.5 Å². The summed E-state index contributed by atoms with van der Waals surface area (Å²) in [6, 6.07) is 7.31. The minimum atomic E-state index is -0.680. The van der Waals surface area contributed by atoms with Crippen molar-refractivity contribution in [1.29, 1.82) is 0 Å². The van der Waals surface area contributed by atoms with Crippen molar-refractivity contribution in [3.8, 4) is 11.6 Å². The summed E-state index contributed by atoms with van der Waals surface area (Å²) in [4.78, 5) is 3.90. The summed E-state index contributed by atoms with van der Waals surface area (Å²) in [6.07, 6.45) is 1.39. The monoisotopic (exact) mass is 281 g/mol. The number of pyridine rings is 1. The molecule has 0 unspecified atom stereocenters. The standard InChI is InChI=1S/C12H9ClFN3O2/c13-8-2-1-3-9(11(8)14)19-10-6-7(4-5-16-10)12(15)17-18/h1-6,18H,(H2,15,17). The number of nitrogens with two attached hydrogens (primary N) is 1. The van der Waals surface area contributed by atoms with Crippen LogP contribution in [0.15, 0.2) is 41.7 Å². The van der Waals surface area contributed by atoms with E-state index in [2.05, 4.69) is 10.1 Å². The van der Waals surface area contributed by atoms with Crippen LogP contribution in [0.5, 0.6) is 11.6 Å². The Balaban J connectivity index is 2.31. The molecule has 19 heavy (non-hydrogen) atoms. The molecule has 1 aromatic carbocycles. The van der Waals surface area contributed by atoms with Gasteiger partial charge in [-0.05, 0) is 18.2 Å². The van der Waals surface area contributed by atoms with Crippen LogP contribution >= 0.6 is 11.6 Å². The molecule has 0 fully saturated rings. The van der Waals surface area contributed by atoms with Crippen LogP contribution in [0.2, 0.25) is 5.02 Å². The first kappa shape index (κ1) is 13.1. The highest BCUT2D eigenvalue weighted by atomic mass is 35.5. The van der Waals surface area contributed by atoms with Gasteiger partial charge in [0, 0.05) is 17.8 Å². The normalized spacial score (nSPS) is 11.4. The summed E-state index contributed by atoms with van der Waals surface area (Å²) in [5.41, 5.74) is 5.83. The highest BCUT2D eigenvalue weighted by molar-refractivity contribution is 6.30. The lowest BCUT2D eigenvalue weighted by molar-refractivity contribution is 0.318. The van der Waals surface area contributed by atoms with Crippen molar-refractivity contribution < 1.29 is 14.3 Å². The fraction of sp³-hybridized carbons (Fsp3) is 0. The van der Waals surface area contributed by atoms with Crippen molar-refractivity contribution >= 4 is 17.4 Å². The molecule has 98 valence electrons. The molecule has 0 bridgehead atoms. The Labute approximate surface area is 113 Å². The molecule has 0 aliphatic heterocycles. The lowest BCUT2D eigenvalue weighted by Crippen LogP contribution is -2.13. The summed E-state index contributed by atoms with van der Waals surface area (Å²) in [6.45, 7) is 0. The first-order valence-corrected chi connectivity index (χ1v) is 5.55. The van der Waals surface area contributed by atoms with Gasteiger partial charge >= 0.3 is 0 Å². The molecule has 0 aliphatic rings. The fourth-order valence-corrected chi connectivity index (χ4v) is 1.52. The number of halogens is 2. The average molecular weight is 282 g/mol. The zero-order valence-corrected chi connectivity index (χ0v) is 10.3. The Morgan fingerprint density at radius 3 is 2.95 bits per heavy atom. The largest absolute Gasteiger partial charge is 0.436 e. The van der Waals surface area contributed by atoms with Gasteiger partial charge in [-0.1, -0.05) is 22.8 Å². The second-order valence-corrected chi connectivity index (χ2v) is 3.93. The van der Waals surface area contributed by atoms with E-state index in [4.69, 9.17) is 27.3 Å². The second-order valence-electron chi connectivity index (χ2n) is 3.52. The predicted octanol–water partition coefficient (Wildman–Crippen LogP) is 2.76. The van der Waals surface area contributed by atoms with Gasteiger partial charge in [-0.2, -0.15) is 0 Å². The summed E-state index contributed by atoms with van der Waals surface area (Å²) >= 11 is 5.64. The maximum atomic E-state index is 13.6. The number of rotatable bonds is 3. The molecular weight excluding hydrogens is 273 g/mol. The van der Waals surface area contributed by atoms with Gasteiger partial charge in [0.1, 0.15) is 0 Å². The third-order valence-electron chi connectivity index (χ3n) is 2.27. The first-order chi connectivity index (χ1) is 9.11. The number of hydrogen-bond acceptors (Lipinski definition) is 4. The zero-order chi connectivity index (χ0) is 13.8. The van der Waals surface area contributed by atoms with E-state index in [9.17, 15) is 4.39 Å². The number of nitrogens with zero attached hydrogens (tertiary/aromatic N) is 2. The van der Waals surface area contributed by atoms with Crippen LogP contribution in [-0.4, -0.2) is 16.0 Å². The molecule has 1 aromatic heterocycles. The average Bonchev–Trinajstić information content (AvgIpc) is 2.43. The lowest BCUT2D eigenvalue weighted by Gasteiger charge is -2.07. The SMILES string of the molecule is N/C(=N/O)c1ccnc(Oc2cccc(Cl)c2F)c1. The van der Waals surface area contributed by atoms with Gasteiger partial charge in [-0.15, -0.1) is 0 Å². The van der Waals surface area contributed by atoms with E-state index in [-0.39, 0.29) is 22.5 Å².